The lowest BCUT2D eigenvalue weighted by molar-refractivity contribution is 0.0199. The molecule has 0 saturated heterocycles. The summed E-state index contributed by atoms with van der Waals surface area (Å²) in [5, 5.41) is 0. The van der Waals surface area contributed by atoms with Crippen LogP contribution < -0.4 is 0 Å². The quantitative estimate of drug-likeness (QED) is 0.237. The van der Waals surface area contributed by atoms with Gasteiger partial charge in [-0.25, -0.2) is 0 Å². The second-order valence-electron chi connectivity index (χ2n) is 1.14. The standard InChI is InChI=1S/C6H10O2/c1-3-4-5-8-6-7-2/h3-5H,1,6H2,2H3/b5-4+. The summed E-state index contributed by atoms with van der Waals surface area (Å²) in [5.41, 5.74) is 0. The molecule has 0 aromatic rings. The predicted octanol–water partition coefficient (Wildman–Crippen LogP) is 1.31. The lowest BCUT2D eigenvalue weighted by atomic mass is 10.6. The van der Waals surface area contributed by atoms with Gasteiger partial charge in [-0.1, -0.05) is 12.7 Å². The van der Waals surface area contributed by atoms with Crippen molar-refractivity contribution in [1.82, 2.24) is 0 Å². The van der Waals surface area contributed by atoms with Gasteiger partial charge in [-0.15, -0.1) is 0 Å². The summed E-state index contributed by atoms with van der Waals surface area (Å²) in [6, 6.07) is 0. The zero-order valence-electron chi connectivity index (χ0n) is 4.96. The molecule has 46 valence electrons. The fraction of sp³-hybridized carbons (Fsp3) is 0.333. The van der Waals surface area contributed by atoms with Gasteiger partial charge < -0.3 is 9.47 Å². The Balaban J connectivity index is 2.91. The highest BCUT2D eigenvalue weighted by molar-refractivity contribution is 4.92. The SMILES string of the molecule is C=C/C=C/OCOC. The molecule has 0 aliphatic heterocycles. The van der Waals surface area contributed by atoms with Crippen molar-refractivity contribution in [3.63, 3.8) is 0 Å². The highest BCUT2D eigenvalue weighted by atomic mass is 16.7. The van der Waals surface area contributed by atoms with Crippen LogP contribution in [0, 0.1) is 0 Å². The molecule has 0 unspecified atom stereocenters. The number of allylic oxidation sites excluding steroid dienone is 2. The molecule has 0 bridgehead atoms. The van der Waals surface area contributed by atoms with Crippen molar-refractivity contribution in [2.45, 2.75) is 0 Å². The van der Waals surface area contributed by atoms with Gasteiger partial charge in [-0.3, -0.25) is 0 Å². The molecule has 0 N–H and O–H groups in total. The van der Waals surface area contributed by atoms with Crippen LogP contribution in [-0.2, 0) is 9.47 Å². The van der Waals surface area contributed by atoms with E-state index in [2.05, 4.69) is 11.3 Å². The monoisotopic (exact) mass is 114 g/mol. The Bertz CT molecular complexity index is 76.6. The number of ether oxygens (including phenoxy) is 2. The molecule has 0 aliphatic rings. The van der Waals surface area contributed by atoms with E-state index in [1.165, 1.54) is 6.26 Å². The van der Waals surface area contributed by atoms with Gasteiger partial charge in [0.15, 0.2) is 6.79 Å². The van der Waals surface area contributed by atoms with Crippen molar-refractivity contribution in [3.05, 3.63) is 25.0 Å². The summed E-state index contributed by atoms with van der Waals surface area (Å²) in [6.07, 6.45) is 4.85. The lowest BCUT2D eigenvalue weighted by Crippen LogP contribution is -1.87. The Morgan fingerprint density at radius 2 is 2.38 bits per heavy atom. The lowest BCUT2D eigenvalue weighted by Gasteiger charge is -1.93. The third-order valence-electron chi connectivity index (χ3n) is 0.497. The highest BCUT2D eigenvalue weighted by Gasteiger charge is 1.69. The minimum absolute atomic E-state index is 0.296. The highest BCUT2D eigenvalue weighted by Crippen LogP contribution is 1.76. The minimum atomic E-state index is 0.296. The first kappa shape index (κ1) is 7.24. The van der Waals surface area contributed by atoms with Crippen molar-refractivity contribution < 1.29 is 9.47 Å². The van der Waals surface area contributed by atoms with E-state index in [0.29, 0.717) is 6.79 Å². The summed E-state index contributed by atoms with van der Waals surface area (Å²) in [5.74, 6) is 0. The Labute approximate surface area is 49.4 Å². The Hall–Kier alpha value is -0.760. The smallest absolute Gasteiger partial charge is 0.187 e. The van der Waals surface area contributed by atoms with Crippen LogP contribution in [0.5, 0.6) is 0 Å². The minimum Gasteiger partial charge on any atom is -0.475 e. The first-order valence-electron chi connectivity index (χ1n) is 2.30. The van der Waals surface area contributed by atoms with Gasteiger partial charge in [0.2, 0.25) is 0 Å². The van der Waals surface area contributed by atoms with E-state index in [1.807, 2.05) is 0 Å². The summed E-state index contributed by atoms with van der Waals surface area (Å²) in [7, 11) is 1.57. The summed E-state index contributed by atoms with van der Waals surface area (Å²) >= 11 is 0. The Morgan fingerprint density at radius 3 is 2.88 bits per heavy atom. The zero-order valence-corrected chi connectivity index (χ0v) is 4.96. The fourth-order valence-corrected chi connectivity index (χ4v) is 0.218. The second-order valence-corrected chi connectivity index (χ2v) is 1.14. The first-order chi connectivity index (χ1) is 3.91. The van der Waals surface area contributed by atoms with E-state index < -0.39 is 0 Å². The van der Waals surface area contributed by atoms with Crippen molar-refractivity contribution in [2.24, 2.45) is 0 Å². The van der Waals surface area contributed by atoms with Crippen LogP contribution in [0.2, 0.25) is 0 Å². The molecule has 0 aromatic heterocycles. The average molecular weight is 114 g/mol. The Kier molecular flexibility index (Phi) is 5.65. The van der Waals surface area contributed by atoms with Crippen LogP contribution in [0.25, 0.3) is 0 Å². The molecule has 0 aliphatic carbocycles. The van der Waals surface area contributed by atoms with Crippen LogP contribution in [0.15, 0.2) is 25.0 Å². The third kappa shape index (κ3) is 5.24. The van der Waals surface area contributed by atoms with Gasteiger partial charge >= 0.3 is 0 Å². The maximum Gasteiger partial charge on any atom is 0.187 e. The molecule has 0 atom stereocenters. The molecule has 8 heavy (non-hydrogen) atoms. The number of hydrogen-bond donors (Lipinski definition) is 0. The van der Waals surface area contributed by atoms with Gasteiger partial charge in [0.05, 0.1) is 6.26 Å². The average Bonchev–Trinajstić information content (AvgIpc) is 1.81. The first-order valence-corrected chi connectivity index (χ1v) is 2.30. The molecule has 2 nitrogen and oxygen atoms in total. The van der Waals surface area contributed by atoms with Gasteiger partial charge in [0, 0.05) is 7.11 Å². The van der Waals surface area contributed by atoms with Crippen molar-refractivity contribution in [3.8, 4) is 0 Å². The second kappa shape index (κ2) is 6.24. The third-order valence-corrected chi connectivity index (χ3v) is 0.497. The van der Waals surface area contributed by atoms with E-state index in [9.17, 15) is 0 Å². The number of hydrogen-bond acceptors (Lipinski definition) is 2. The normalized spacial score (nSPS) is 9.62. The molecule has 0 saturated carbocycles. The summed E-state index contributed by atoms with van der Waals surface area (Å²) in [6.45, 7) is 3.75. The fourth-order valence-electron chi connectivity index (χ4n) is 0.218. The molecule has 0 radical (unpaired) electrons. The van der Waals surface area contributed by atoms with Crippen LogP contribution >= 0.6 is 0 Å². The molecule has 2 heteroatoms. The number of rotatable bonds is 4. The van der Waals surface area contributed by atoms with Crippen LogP contribution in [0.3, 0.4) is 0 Å². The van der Waals surface area contributed by atoms with Crippen LogP contribution in [-0.4, -0.2) is 13.9 Å². The largest absolute Gasteiger partial charge is 0.475 e. The number of methoxy groups -OCH3 is 1. The van der Waals surface area contributed by atoms with E-state index in [-0.39, 0.29) is 0 Å². The van der Waals surface area contributed by atoms with Crippen LogP contribution in [0.4, 0.5) is 0 Å². The predicted molar refractivity (Wildman–Crippen MR) is 32.3 cm³/mol. The zero-order chi connectivity index (χ0) is 6.24. The molecule has 0 fully saturated rings. The topological polar surface area (TPSA) is 18.5 Å². The summed E-state index contributed by atoms with van der Waals surface area (Å²) in [4.78, 5) is 0. The summed E-state index contributed by atoms with van der Waals surface area (Å²) < 4.78 is 9.33. The molecular formula is C6H10O2. The van der Waals surface area contributed by atoms with E-state index >= 15 is 0 Å². The van der Waals surface area contributed by atoms with E-state index in [1.54, 1.807) is 19.3 Å². The maximum absolute atomic E-state index is 4.75. The molecule has 0 amide bonds. The van der Waals surface area contributed by atoms with Crippen molar-refractivity contribution >= 4 is 0 Å². The van der Waals surface area contributed by atoms with Gasteiger partial charge in [0.25, 0.3) is 0 Å². The molecule has 0 heterocycles. The molecule has 0 spiro atoms. The molecule has 0 rings (SSSR count). The van der Waals surface area contributed by atoms with Gasteiger partial charge in [-0.2, -0.15) is 0 Å². The van der Waals surface area contributed by atoms with Crippen molar-refractivity contribution in [1.29, 1.82) is 0 Å². The molecular weight excluding hydrogens is 104 g/mol. The van der Waals surface area contributed by atoms with Crippen LogP contribution in [0.1, 0.15) is 0 Å². The molecule has 0 aromatic carbocycles. The van der Waals surface area contributed by atoms with E-state index in [0.717, 1.165) is 0 Å². The van der Waals surface area contributed by atoms with Gasteiger partial charge in [0.1, 0.15) is 0 Å². The Morgan fingerprint density at radius 1 is 1.62 bits per heavy atom. The van der Waals surface area contributed by atoms with E-state index in [4.69, 9.17) is 4.74 Å². The van der Waals surface area contributed by atoms with Crippen molar-refractivity contribution in [2.75, 3.05) is 13.9 Å². The maximum atomic E-state index is 4.75. The van der Waals surface area contributed by atoms with Gasteiger partial charge in [-0.05, 0) is 6.08 Å².